The molecule has 5 nitrogen and oxygen atoms in total. The topological polar surface area (TPSA) is 75.4 Å². The van der Waals surface area contributed by atoms with Crippen LogP contribution in [0.4, 0.5) is 11.4 Å². The second-order valence-electron chi connectivity index (χ2n) is 7.04. The average molecular weight is 388 g/mol. The van der Waals surface area contributed by atoms with E-state index in [0.29, 0.717) is 24.2 Å². The second kappa shape index (κ2) is 8.55. The van der Waals surface area contributed by atoms with E-state index in [0.717, 1.165) is 18.5 Å². The molecule has 0 aliphatic carbocycles. The van der Waals surface area contributed by atoms with Gasteiger partial charge in [0.25, 0.3) is 5.91 Å². The molecule has 6 heteroatoms. The molecular weight excluding hydrogens is 362 g/mol. The van der Waals surface area contributed by atoms with Gasteiger partial charge in [-0.25, -0.2) is 0 Å². The van der Waals surface area contributed by atoms with E-state index in [9.17, 15) is 9.59 Å². The van der Waals surface area contributed by atoms with Crippen molar-refractivity contribution in [3.63, 3.8) is 0 Å². The summed E-state index contributed by atoms with van der Waals surface area (Å²) in [6.07, 6.45) is 2.29. The van der Waals surface area contributed by atoms with Crippen molar-refractivity contribution in [1.29, 1.82) is 0 Å². The number of hydrogen-bond donors (Lipinski definition) is 2. The largest absolute Gasteiger partial charge is 0.324 e. The number of anilines is 2. The molecule has 1 heterocycles. The number of carbonyl (C=O) groups is 2. The van der Waals surface area contributed by atoms with E-state index >= 15 is 0 Å². The van der Waals surface area contributed by atoms with E-state index < -0.39 is 5.54 Å². The van der Waals surface area contributed by atoms with Gasteiger partial charge in [0.05, 0.1) is 5.54 Å². The molecular formula is C21H26ClN3O2. The lowest BCUT2D eigenvalue weighted by Gasteiger charge is -2.23. The number of benzene rings is 2. The highest BCUT2D eigenvalue weighted by Gasteiger charge is 2.28. The smallest absolute Gasteiger partial charge is 0.258 e. The zero-order valence-electron chi connectivity index (χ0n) is 15.7. The summed E-state index contributed by atoms with van der Waals surface area (Å²) in [7, 11) is 0. The molecule has 2 aromatic rings. The average Bonchev–Trinajstić information content (AvgIpc) is 3.05. The summed E-state index contributed by atoms with van der Waals surface area (Å²) in [5, 5.41) is 2.84. The van der Waals surface area contributed by atoms with Gasteiger partial charge in [-0.15, -0.1) is 12.4 Å². The maximum Gasteiger partial charge on any atom is 0.258 e. The van der Waals surface area contributed by atoms with Gasteiger partial charge in [0.2, 0.25) is 5.91 Å². The molecule has 1 aliphatic heterocycles. The van der Waals surface area contributed by atoms with Crippen molar-refractivity contribution in [3.8, 4) is 0 Å². The summed E-state index contributed by atoms with van der Waals surface area (Å²) in [5.74, 6) is -0.300. The molecule has 0 spiro atoms. The van der Waals surface area contributed by atoms with Gasteiger partial charge in [-0.1, -0.05) is 37.6 Å². The molecule has 2 amide bonds. The van der Waals surface area contributed by atoms with E-state index in [-0.39, 0.29) is 24.2 Å². The van der Waals surface area contributed by atoms with Crippen LogP contribution in [0.2, 0.25) is 0 Å². The molecule has 1 aliphatic rings. The Labute approximate surface area is 166 Å². The second-order valence-corrected chi connectivity index (χ2v) is 7.04. The van der Waals surface area contributed by atoms with Gasteiger partial charge in [-0.05, 0) is 49.6 Å². The third-order valence-electron chi connectivity index (χ3n) is 4.79. The van der Waals surface area contributed by atoms with Crippen molar-refractivity contribution < 1.29 is 9.59 Å². The van der Waals surface area contributed by atoms with Crippen LogP contribution in [-0.4, -0.2) is 23.9 Å². The molecule has 0 fully saturated rings. The predicted octanol–water partition coefficient (Wildman–Crippen LogP) is 3.77. The first-order valence-electron chi connectivity index (χ1n) is 9.02. The number of hydrogen-bond acceptors (Lipinski definition) is 3. The van der Waals surface area contributed by atoms with Crippen LogP contribution >= 0.6 is 12.4 Å². The van der Waals surface area contributed by atoms with E-state index in [2.05, 4.69) is 11.4 Å². The first kappa shape index (κ1) is 20.9. The Bertz CT molecular complexity index is 836. The highest BCUT2D eigenvalue weighted by Crippen LogP contribution is 2.29. The zero-order valence-corrected chi connectivity index (χ0v) is 16.5. The number of carbonyl (C=O) groups excluding carboxylic acids is 2. The minimum atomic E-state index is -0.928. The quantitative estimate of drug-likeness (QED) is 0.819. The third-order valence-corrected chi connectivity index (χ3v) is 4.79. The number of halogens is 1. The van der Waals surface area contributed by atoms with Crippen LogP contribution in [0.1, 0.15) is 42.6 Å². The standard InChI is InChI=1S/C21H25N3O2.ClH/c1-3-12-21(2,22)20(26)23-17-9-6-8-16(14-17)19(25)24-13-11-15-7-4-5-10-18(15)24;/h4-10,14H,3,11-13,22H2,1-2H3,(H,23,26);1H. The first-order valence-corrected chi connectivity index (χ1v) is 9.02. The van der Waals surface area contributed by atoms with Crippen molar-refractivity contribution in [2.45, 2.75) is 38.6 Å². The summed E-state index contributed by atoms with van der Waals surface area (Å²) in [6, 6.07) is 15.0. The Morgan fingerprint density at radius 1 is 1.19 bits per heavy atom. The molecule has 0 aromatic heterocycles. The Kier molecular flexibility index (Phi) is 6.63. The Balaban J connectivity index is 0.00000261. The highest BCUT2D eigenvalue weighted by molar-refractivity contribution is 6.08. The van der Waals surface area contributed by atoms with Gasteiger partial charge in [0.1, 0.15) is 0 Å². The maximum atomic E-state index is 12.9. The van der Waals surface area contributed by atoms with Crippen molar-refractivity contribution in [1.82, 2.24) is 0 Å². The number of para-hydroxylation sites is 1. The van der Waals surface area contributed by atoms with Gasteiger partial charge >= 0.3 is 0 Å². The van der Waals surface area contributed by atoms with Crippen LogP contribution in [0, 0.1) is 0 Å². The van der Waals surface area contributed by atoms with Gasteiger partial charge < -0.3 is 16.0 Å². The van der Waals surface area contributed by atoms with Crippen LogP contribution in [0.15, 0.2) is 48.5 Å². The molecule has 3 rings (SSSR count). The Morgan fingerprint density at radius 3 is 2.67 bits per heavy atom. The SMILES string of the molecule is CCCC(C)(N)C(=O)Nc1cccc(C(=O)N2CCc3ccccc32)c1.Cl. The summed E-state index contributed by atoms with van der Waals surface area (Å²) in [5.41, 5.74) is 8.43. The van der Waals surface area contributed by atoms with E-state index in [1.807, 2.05) is 25.1 Å². The lowest BCUT2D eigenvalue weighted by molar-refractivity contribution is -0.120. The molecule has 0 bridgehead atoms. The minimum Gasteiger partial charge on any atom is -0.324 e. The molecule has 0 radical (unpaired) electrons. The van der Waals surface area contributed by atoms with Crippen LogP contribution in [0.25, 0.3) is 0 Å². The molecule has 1 unspecified atom stereocenters. The zero-order chi connectivity index (χ0) is 18.7. The lowest BCUT2D eigenvalue weighted by atomic mass is 9.96. The fourth-order valence-corrected chi connectivity index (χ4v) is 3.34. The Morgan fingerprint density at radius 2 is 1.93 bits per heavy atom. The number of amides is 2. The lowest BCUT2D eigenvalue weighted by Crippen LogP contribution is -2.48. The van der Waals surface area contributed by atoms with E-state index in [1.165, 1.54) is 5.56 Å². The van der Waals surface area contributed by atoms with Crippen LogP contribution < -0.4 is 16.0 Å². The molecule has 1 atom stereocenters. The predicted molar refractivity (Wildman–Crippen MR) is 112 cm³/mol. The van der Waals surface area contributed by atoms with Crippen molar-refractivity contribution in [3.05, 3.63) is 59.7 Å². The number of fused-ring (bicyclic) bond motifs is 1. The molecule has 0 saturated carbocycles. The van der Waals surface area contributed by atoms with Gasteiger partial charge in [0.15, 0.2) is 0 Å². The summed E-state index contributed by atoms with van der Waals surface area (Å²) < 4.78 is 0. The normalized spacial score (nSPS) is 14.7. The maximum absolute atomic E-state index is 12.9. The fourth-order valence-electron chi connectivity index (χ4n) is 3.34. The van der Waals surface area contributed by atoms with E-state index in [1.54, 1.807) is 36.1 Å². The summed E-state index contributed by atoms with van der Waals surface area (Å²) in [4.78, 5) is 27.1. The number of nitrogens with zero attached hydrogens (tertiary/aromatic N) is 1. The van der Waals surface area contributed by atoms with Gasteiger partial charge in [-0.2, -0.15) is 0 Å². The van der Waals surface area contributed by atoms with Crippen LogP contribution in [-0.2, 0) is 11.2 Å². The molecule has 0 saturated heterocycles. The van der Waals surface area contributed by atoms with Crippen molar-refractivity contribution >= 4 is 35.6 Å². The van der Waals surface area contributed by atoms with Crippen LogP contribution in [0.5, 0.6) is 0 Å². The number of rotatable bonds is 5. The molecule has 3 N–H and O–H groups in total. The molecule has 144 valence electrons. The first-order chi connectivity index (χ1) is 12.4. The Hall–Kier alpha value is -2.37. The van der Waals surface area contributed by atoms with E-state index in [4.69, 9.17) is 5.73 Å². The van der Waals surface area contributed by atoms with Gasteiger partial charge in [0, 0.05) is 23.5 Å². The minimum absolute atomic E-state index is 0. The highest BCUT2D eigenvalue weighted by atomic mass is 35.5. The monoisotopic (exact) mass is 387 g/mol. The van der Waals surface area contributed by atoms with Crippen LogP contribution in [0.3, 0.4) is 0 Å². The number of nitrogens with one attached hydrogen (secondary N) is 1. The third kappa shape index (κ3) is 4.49. The van der Waals surface area contributed by atoms with Crippen molar-refractivity contribution in [2.75, 3.05) is 16.8 Å². The molecule has 2 aromatic carbocycles. The number of nitrogens with two attached hydrogens (primary N) is 1. The summed E-state index contributed by atoms with van der Waals surface area (Å²) in [6.45, 7) is 4.39. The fraction of sp³-hybridized carbons (Fsp3) is 0.333. The molecule has 27 heavy (non-hydrogen) atoms. The van der Waals surface area contributed by atoms with Crippen molar-refractivity contribution in [2.24, 2.45) is 5.73 Å². The summed E-state index contributed by atoms with van der Waals surface area (Å²) >= 11 is 0. The van der Waals surface area contributed by atoms with Gasteiger partial charge in [-0.3, -0.25) is 9.59 Å².